The normalized spacial score (nSPS) is 11.1. The topological polar surface area (TPSA) is 3.24 Å². The summed E-state index contributed by atoms with van der Waals surface area (Å²) in [7, 11) is 0. The average Bonchev–Trinajstić information content (AvgIpc) is 2.80. The first kappa shape index (κ1) is 21.9. The van der Waals surface area contributed by atoms with Crippen molar-refractivity contribution in [3.8, 4) is 0 Å². The minimum atomic E-state index is 1.14. The second-order valence-electron chi connectivity index (χ2n) is 8.01. The molecule has 0 fully saturated rings. The highest BCUT2D eigenvalue weighted by molar-refractivity contribution is 5.65. The Balaban J connectivity index is 1.34. The third-order valence-electron chi connectivity index (χ3n) is 5.65. The summed E-state index contributed by atoms with van der Waals surface area (Å²) in [6.45, 7) is 2.22. The van der Waals surface area contributed by atoms with Gasteiger partial charge in [-0.1, -0.05) is 92.4 Å². The summed E-state index contributed by atoms with van der Waals surface area (Å²) < 4.78 is 0. The van der Waals surface area contributed by atoms with E-state index in [-0.39, 0.29) is 0 Å². The molecule has 156 valence electrons. The molecule has 1 nitrogen and oxygen atoms in total. The molecular weight excluding hydrogens is 362 g/mol. The zero-order valence-corrected chi connectivity index (χ0v) is 18.3. The Hall–Kier alpha value is -2.80. The second kappa shape index (κ2) is 12.7. The van der Waals surface area contributed by atoms with Crippen molar-refractivity contribution in [1.82, 2.24) is 0 Å². The summed E-state index contributed by atoms with van der Waals surface area (Å²) in [4.78, 5) is 2.27. The lowest BCUT2D eigenvalue weighted by Gasteiger charge is -2.20. The summed E-state index contributed by atoms with van der Waals surface area (Å²) in [5, 5.41) is 0. The van der Waals surface area contributed by atoms with Crippen LogP contribution < -0.4 is 4.90 Å². The van der Waals surface area contributed by atoms with Crippen LogP contribution in [-0.4, -0.2) is 0 Å². The molecule has 0 N–H and O–H groups in total. The maximum Gasteiger partial charge on any atom is 0.0455 e. The second-order valence-corrected chi connectivity index (χ2v) is 8.01. The molecule has 3 rings (SSSR count). The summed E-state index contributed by atoms with van der Waals surface area (Å²) in [5.74, 6) is 0. The largest absolute Gasteiger partial charge is 0.318 e. The van der Waals surface area contributed by atoms with E-state index >= 15 is 0 Å². The molecule has 0 spiro atoms. The van der Waals surface area contributed by atoms with Gasteiger partial charge in [-0.25, -0.2) is 0 Å². The van der Waals surface area contributed by atoms with Crippen molar-refractivity contribution in [3.63, 3.8) is 0 Å². The highest BCUT2D eigenvalue weighted by atomic mass is 15.1. The average molecular weight is 398 g/mol. The van der Waals surface area contributed by atoms with Gasteiger partial charge in [0.1, 0.15) is 0 Å². The van der Waals surface area contributed by atoms with E-state index in [0.29, 0.717) is 0 Å². The van der Waals surface area contributed by atoms with Gasteiger partial charge in [0.25, 0.3) is 0 Å². The zero-order chi connectivity index (χ0) is 20.9. The molecule has 0 saturated carbocycles. The van der Waals surface area contributed by atoms with Crippen LogP contribution in [-0.2, 0) is 6.42 Å². The van der Waals surface area contributed by atoms with Crippen LogP contribution in [0.15, 0.2) is 97.2 Å². The van der Waals surface area contributed by atoms with Crippen LogP contribution in [0, 0.1) is 6.92 Å². The van der Waals surface area contributed by atoms with Gasteiger partial charge in [-0.15, -0.1) is 0 Å². The van der Waals surface area contributed by atoms with Gasteiger partial charge in [-0.05, 0) is 68.0 Å². The van der Waals surface area contributed by atoms with Crippen LogP contribution in [0.5, 0.6) is 0 Å². The van der Waals surface area contributed by atoms with E-state index in [1.807, 2.05) is 0 Å². The smallest absolute Gasteiger partial charge is 0.0455 e. The van der Waals surface area contributed by atoms with E-state index in [1.54, 1.807) is 0 Å². The van der Waals surface area contributed by atoms with Crippen molar-refractivity contribution in [2.75, 3.05) is 4.90 Å². The standard InChI is InChI=1S/C29H35N/c1-26-18-15-16-20-27(26)19-10-6-4-2-3-5-7-17-25-30(28-21-11-8-12-22-28)29-23-13-9-14-24-29/h8-9,11-18,20-25H,2-7,10,19H2,1H3. The van der Waals surface area contributed by atoms with Gasteiger partial charge >= 0.3 is 0 Å². The van der Waals surface area contributed by atoms with Crippen LogP contribution in [0.25, 0.3) is 0 Å². The van der Waals surface area contributed by atoms with Gasteiger partial charge in [0, 0.05) is 17.6 Å². The molecule has 0 aliphatic heterocycles. The van der Waals surface area contributed by atoms with Gasteiger partial charge in [-0.3, -0.25) is 0 Å². The summed E-state index contributed by atoms with van der Waals surface area (Å²) in [6, 6.07) is 29.9. The zero-order valence-electron chi connectivity index (χ0n) is 18.3. The lowest BCUT2D eigenvalue weighted by atomic mass is 10.0. The minimum Gasteiger partial charge on any atom is -0.318 e. The van der Waals surface area contributed by atoms with Gasteiger partial charge in [0.2, 0.25) is 0 Å². The Kier molecular flexibility index (Phi) is 9.27. The quantitative estimate of drug-likeness (QED) is 0.276. The molecule has 0 aromatic heterocycles. The van der Waals surface area contributed by atoms with Crippen molar-refractivity contribution in [1.29, 1.82) is 0 Å². The molecular formula is C29H35N. The Morgan fingerprint density at radius 3 is 1.77 bits per heavy atom. The maximum absolute atomic E-state index is 2.32. The molecule has 30 heavy (non-hydrogen) atoms. The highest BCUT2D eigenvalue weighted by Crippen LogP contribution is 2.25. The SMILES string of the molecule is Cc1ccccc1CCCCCCCCC=CN(c1ccccc1)c1ccccc1. The molecule has 0 bridgehead atoms. The maximum atomic E-state index is 2.32. The monoisotopic (exact) mass is 397 g/mol. The molecule has 3 aromatic rings. The van der Waals surface area contributed by atoms with E-state index in [2.05, 4.69) is 109 Å². The van der Waals surface area contributed by atoms with E-state index in [0.717, 1.165) is 6.42 Å². The molecule has 0 unspecified atom stereocenters. The van der Waals surface area contributed by atoms with Crippen molar-refractivity contribution in [3.05, 3.63) is 108 Å². The number of para-hydroxylation sites is 2. The molecule has 0 atom stereocenters. The predicted octanol–water partition coefficient (Wildman–Crippen LogP) is 8.62. The number of unbranched alkanes of at least 4 members (excludes halogenated alkanes) is 6. The van der Waals surface area contributed by atoms with E-state index < -0.39 is 0 Å². The molecule has 3 aromatic carbocycles. The molecule has 0 heterocycles. The first-order chi connectivity index (χ1) is 14.8. The fraction of sp³-hybridized carbons (Fsp3) is 0.310. The van der Waals surface area contributed by atoms with Gasteiger partial charge in [-0.2, -0.15) is 0 Å². The predicted molar refractivity (Wildman–Crippen MR) is 131 cm³/mol. The van der Waals surface area contributed by atoms with Crippen LogP contribution in [0.3, 0.4) is 0 Å². The van der Waals surface area contributed by atoms with Crippen LogP contribution >= 0.6 is 0 Å². The van der Waals surface area contributed by atoms with Gasteiger partial charge in [0.15, 0.2) is 0 Å². The molecule has 0 saturated heterocycles. The first-order valence-corrected chi connectivity index (χ1v) is 11.4. The van der Waals surface area contributed by atoms with Crippen molar-refractivity contribution < 1.29 is 0 Å². The van der Waals surface area contributed by atoms with Crippen LogP contribution in [0.4, 0.5) is 11.4 Å². The number of hydrogen-bond acceptors (Lipinski definition) is 1. The molecule has 0 aliphatic carbocycles. The van der Waals surface area contributed by atoms with E-state index in [4.69, 9.17) is 0 Å². The molecule has 0 radical (unpaired) electrons. The Bertz CT molecular complexity index is 828. The van der Waals surface area contributed by atoms with Crippen LogP contribution in [0.2, 0.25) is 0 Å². The number of nitrogens with zero attached hydrogens (tertiary/aromatic N) is 1. The lowest BCUT2D eigenvalue weighted by Crippen LogP contribution is -2.07. The number of aryl methyl sites for hydroxylation is 2. The molecule has 0 amide bonds. The fourth-order valence-electron chi connectivity index (χ4n) is 3.85. The summed E-state index contributed by atoms with van der Waals surface area (Å²) >= 11 is 0. The number of rotatable bonds is 12. The number of allylic oxidation sites excluding steroid dienone is 1. The number of benzene rings is 3. The third-order valence-corrected chi connectivity index (χ3v) is 5.65. The van der Waals surface area contributed by atoms with Crippen molar-refractivity contribution in [2.24, 2.45) is 0 Å². The lowest BCUT2D eigenvalue weighted by molar-refractivity contribution is 0.596. The van der Waals surface area contributed by atoms with Gasteiger partial charge in [0.05, 0.1) is 0 Å². The minimum absolute atomic E-state index is 1.14. The Morgan fingerprint density at radius 2 is 1.13 bits per heavy atom. The fourth-order valence-corrected chi connectivity index (χ4v) is 3.85. The van der Waals surface area contributed by atoms with Crippen molar-refractivity contribution >= 4 is 11.4 Å². The van der Waals surface area contributed by atoms with E-state index in [1.165, 1.54) is 67.4 Å². The van der Waals surface area contributed by atoms with E-state index in [9.17, 15) is 0 Å². The number of hydrogen-bond donors (Lipinski definition) is 0. The Labute approximate surface area is 183 Å². The first-order valence-electron chi connectivity index (χ1n) is 11.4. The summed E-state index contributed by atoms with van der Waals surface area (Å²) in [6.07, 6.45) is 14.9. The molecule has 1 heteroatoms. The highest BCUT2D eigenvalue weighted by Gasteiger charge is 2.04. The third kappa shape index (κ3) is 7.22. The number of anilines is 2. The Morgan fingerprint density at radius 1 is 0.600 bits per heavy atom. The van der Waals surface area contributed by atoms with Gasteiger partial charge < -0.3 is 4.90 Å². The van der Waals surface area contributed by atoms with Crippen LogP contribution in [0.1, 0.15) is 56.1 Å². The summed E-state index contributed by atoms with van der Waals surface area (Å²) in [5.41, 5.74) is 5.36. The molecule has 0 aliphatic rings. The van der Waals surface area contributed by atoms with Crippen molar-refractivity contribution in [2.45, 2.75) is 58.3 Å².